The summed E-state index contributed by atoms with van der Waals surface area (Å²) in [5.74, 6) is -0.621. The number of aliphatic carboxylic acids is 1. The van der Waals surface area contributed by atoms with Crippen molar-refractivity contribution in [1.29, 1.82) is 0 Å². The monoisotopic (exact) mass is 291 g/mol. The van der Waals surface area contributed by atoms with Gasteiger partial charge in [-0.2, -0.15) is 0 Å². The van der Waals surface area contributed by atoms with Gasteiger partial charge in [0.05, 0.1) is 17.4 Å². The van der Waals surface area contributed by atoms with E-state index >= 15 is 0 Å². The first-order valence-corrected chi connectivity index (χ1v) is 8.11. The van der Waals surface area contributed by atoms with E-state index < -0.39 is 11.4 Å². The minimum absolute atomic E-state index is 0.544. The minimum Gasteiger partial charge on any atom is -0.481 e. The van der Waals surface area contributed by atoms with E-state index in [2.05, 4.69) is 21.4 Å². The number of hydrogen-bond acceptors (Lipinski definition) is 3. The number of nitrogens with zero attached hydrogens (tertiary/aromatic N) is 3. The number of carboxylic acid groups (broad SMARTS) is 1. The molecule has 1 unspecified atom stereocenters. The summed E-state index contributed by atoms with van der Waals surface area (Å²) in [6.45, 7) is 4.57. The average Bonchev–Trinajstić information content (AvgIpc) is 3.20. The highest BCUT2D eigenvalue weighted by molar-refractivity contribution is 5.75. The van der Waals surface area contributed by atoms with Gasteiger partial charge in [-0.3, -0.25) is 9.69 Å². The Kier molecular flexibility index (Phi) is 4.02. The van der Waals surface area contributed by atoms with E-state index in [9.17, 15) is 9.90 Å². The third-order valence-corrected chi connectivity index (χ3v) is 4.91. The van der Waals surface area contributed by atoms with Crippen LogP contribution < -0.4 is 0 Å². The Hall–Kier alpha value is -1.36. The number of hydrogen-bond donors (Lipinski definition) is 1. The molecule has 2 heterocycles. The number of piperidine rings is 1. The summed E-state index contributed by atoms with van der Waals surface area (Å²) in [6.07, 6.45) is 9.86. The molecule has 1 saturated carbocycles. The van der Waals surface area contributed by atoms with Gasteiger partial charge in [0.2, 0.25) is 0 Å². The number of rotatable bonds is 6. The molecule has 1 aromatic rings. The molecule has 5 heteroatoms. The van der Waals surface area contributed by atoms with Crippen molar-refractivity contribution < 1.29 is 9.90 Å². The first-order valence-electron chi connectivity index (χ1n) is 8.11. The Balaban J connectivity index is 1.70. The van der Waals surface area contributed by atoms with Crippen molar-refractivity contribution in [3.05, 3.63) is 18.2 Å². The molecule has 21 heavy (non-hydrogen) atoms. The molecule has 0 bridgehead atoms. The summed E-state index contributed by atoms with van der Waals surface area (Å²) in [4.78, 5) is 18.3. The highest BCUT2D eigenvalue weighted by atomic mass is 16.4. The summed E-state index contributed by atoms with van der Waals surface area (Å²) in [5.41, 5.74) is 0.687. The van der Waals surface area contributed by atoms with Crippen molar-refractivity contribution in [1.82, 2.24) is 14.5 Å². The molecule has 1 saturated heterocycles. The molecule has 2 fully saturated rings. The quantitative estimate of drug-likeness (QED) is 0.875. The molecule has 1 aliphatic carbocycles. The molecule has 0 amide bonds. The van der Waals surface area contributed by atoms with Gasteiger partial charge in [-0.05, 0) is 38.6 Å². The van der Waals surface area contributed by atoms with Crippen molar-refractivity contribution >= 4 is 5.97 Å². The topological polar surface area (TPSA) is 58.4 Å². The maximum atomic E-state index is 11.8. The van der Waals surface area contributed by atoms with Gasteiger partial charge < -0.3 is 9.67 Å². The Morgan fingerprint density at radius 1 is 1.52 bits per heavy atom. The number of carboxylic acids is 1. The normalized spacial score (nSPS) is 26.9. The number of aromatic nitrogens is 2. The van der Waals surface area contributed by atoms with E-state index in [1.54, 1.807) is 0 Å². The van der Waals surface area contributed by atoms with Gasteiger partial charge in [0.15, 0.2) is 0 Å². The Bertz CT molecular complexity index is 505. The zero-order valence-corrected chi connectivity index (χ0v) is 12.8. The zero-order valence-electron chi connectivity index (χ0n) is 12.8. The van der Waals surface area contributed by atoms with Crippen molar-refractivity contribution in [2.24, 2.45) is 5.41 Å². The molecule has 1 N–H and O–H groups in total. The zero-order chi connectivity index (χ0) is 14.9. The second-order valence-corrected chi connectivity index (χ2v) is 6.67. The summed E-state index contributed by atoms with van der Waals surface area (Å²) in [6, 6.07) is 0.632. The van der Waals surface area contributed by atoms with Crippen LogP contribution in [0.3, 0.4) is 0 Å². The molecule has 2 aliphatic rings. The fourth-order valence-electron chi connectivity index (χ4n) is 3.69. The maximum Gasteiger partial charge on any atom is 0.310 e. The van der Waals surface area contributed by atoms with Gasteiger partial charge in [0, 0.05) is 25.3 Å². The Labute approximate surface area is 126 Å². The second-order valence-electron chi connectivity index (χ2n) is 6.67. The molecule has 0 spiro atoms. The lowest BCUT2D eigenvalue weighted by Gasteiger charge is -2.40. The lowest BCUT2D eigenvalue weighted by atomic mass is 9.76. The molecular weight excluding hydrogens is 266 g/mol. The summed E-state index contributed by atoms with van der Waals surface area (Å²) in [5, 5.41) is 9.67. The third-order valence-electron chi connectivity index (χ3n) is 4.91. The highest BCUT2D eigenvalue weighted by Crippen LogP contribution is 2.38. The standard InChI is InChI=1S/C16H25N3O2/c1-2-6-16(15(20)21)7-3-8-18(11-16)10-14-9-17-12-19(14)13-4-5-13/h9,12-13H,2-8,10-11H2,1H3,(H,20,21). The summed E-state index contributed by atoms with van der Waals surface area (Å²) < 4.78 is 2.27. The van der Waals surface area contributed by atoms with Gasteiger partial charge in [-0.1, -0.05) is 13.3 Å². The van der Waals surface area contributed by atoms with Crippen LogP contribution in [0.4, 0.5) is 0 Å². The van der Waals surface area contributed by atoms with Gasteiger partial charge >= 0.3 is 5.97 Å². The molecule has 3 rings (SSSR count). The Morgan fingerprint density at radius 2 is 2.33 bits per heavy atom. The second kappa shape index (κ2) is 5.79. The predicted molar refractivity (Wildman–Crippen MR) is 80.0 cm³/mol. The van der Waals surface area contributed by atoms with Crippen LogP contribution in [-0.2, 0) is 11.3 Å². The van der Waals surface area contributed by atoms with Crippen molar-refractivity contribution in [2.75, 3.05) is 13.1 Å². The predicted octanol–water partition coefficient (Wildman–Crippen LogP) is 2.68. The van der Waals surface area contributed by atoms with Gasteiger partial charge in [0.1, 0.15) is 0 Å². The average molecular weight is 291 g/mol. The van der Waals surface area contributed by atoms with Crippen LogP contribution in [0.25, 0.3) is 0 Å². The van der Waals surface area contributed by atoms with Crippen molar-refractivity contribution in [3.63, 3.8) is 0 Å². The molecule has 0 radical (unpaired) electrons. The first kappa shape index (κ1) is 14.6. The molecular formula is C16H25N3O2. The highest BCUT2D eigenvalue weighted by Gasteiger charge is 2.41. The molecule has 116 valence electrons. The van der Waals surface area contributed by atoms with E-state index in [0.717, 1.165) is 38.8 Å². The van der Waals surface area contributed by atoms with Crippen LogP contribution in [-0.4, -0.2) is 38.6 Å². The van der Waals surface area contributed by atoms with Crippen LogP contribution in [0.15, 0.2) is 12.5 Å². The number of imidazole rings is 1. The Morgan fingerprint density at radius 3 is 3.00 bits per heavy atom. The van der Waals surface area contributed by atoms with Crippen molar-refractivity contribution in [2.45, 2.75) is 58.0 Å². The van der Waals surface area contributed by atoms with Crippen LogP contribution in [0.1, 0.15) is 57.2 Å². The van der Waals surface area contributed by atoms with Crippen molar-refractivity contribution in [3.8, 4) is 0 Å². The fraction of sp³-hybridized carbons (Fsp3) is 0.750. The molecule has 1 aliphatic heterocycles. The van der Waals surface area contributed by atoms with E-state index in [4.69, 9.17) is 0 Å². The lowest BCUT2D eigenvalue weighted by molar-refractivity contribution is -0.153. The van der Waals surface area contributed by atoms with Crippen LogP contribution in [0.2, 0.25) is 0 Å². The molecule has 0 aromatic carbocycles. The smallest absolute Gasteiger partial charge is 0.310 e. The van der Waals surface area contributed by atoms with E-state index in [-0.39, 0.29) is 0 Å². The minimum atomic E-state index is -0.621. The number of likely N-dealkylation sites (tertiary alicyclic amines) is 1. The van der Waals surface area contributed by atoms with E-state index in [0.29, 0.717) is 12.6 Å². The molecule has 1 atom stereocenters. The third kappa shape index (κ3) is 2.98. The van der Waals surface area contributed by atoms with Gasteiger partial charge in [-0.25, -0.2) is 4.98 Å². The van der Waals surface area contributed by atoms with Gasteiger partial charge in [-0.15, -0.1) is 0 Å². The van der Waals surface area contributed by atoms with Gasteiger partial charge in [0.25, 0.3) is 0 Å². The molecule has 5 nitrogen and oxygen atoms in total. The largest absolute Gasteiger partial charge is 0.481 e. The lowest BCUT2D eigenvalue weighted by Crippen LogP contribution is -2.47. The summed E-state index contributed by atoms with van der Waals surface area (Å²) >= 11 is 0. The first-order chi connectivity index (χ1) is 10.1. The fourth-order valence-corrected chi connectivity index (χ4v) is 3.69. The number of carbonyl (C=O) groups is 1. The van der Waals surface area contributed by atoms with E-state index in [1.807, 2.05) is 12.5 Å². The van der Waals surface area contributed by atoms with Crippen LogP contribution >= 0.6 is 0 Å². The van der Waals surface area contributed by atoms with Crippen LogP contribution in [0, 0.1) is 5.41 Å². The maximum absolute atomic E-state index is 11.8. The van der Waals surface area contributed by atoms with E-state index in [1.165, 1.54) is 18.5 Å². The summed E-state index contributed by atoms with van der Waals surface area (Å²) in [7, 11) is 0. The SMILES string of the molecule is CCCC1(C(=O)O)CCCN(Cc2cncn2C2CC2)C1. The van der Waals surface area contributed by atoms with Crippen LogP contribution in [0.5, 0.6) is 0 Å². The molecule has 1 aromatic heterocycles.